The van der Waals surface area contributed by atoms with Crippen molar-refractivity contribution in [3.8, 4) is 0 Å². The van der Waals surface area contributed by atoms with E-state index in [4.69, 9.17) is 5.11 Å². The van der Waals surface area contributed by atoms with E-state index in [1.807, 2.05) is 6.92 Å². The van der Waals surface area contributed by atoms with Crippen molar-refractivity contribution in [2.24, 2.45) is 5.41 Å². The van der Waals surface area contributed by atoms with E-state index in [1.54, 1.807) is 27.8 Å². The second-order valence-corrected chi connectivity index (χ2v) is 5.40. The fourth-order valence-electron chi connectivity index (χ4n) is 1.36. The number of carbonyl (C=O) groups excluding carboxylic acids is 1. The number of urea groups is 1. The standard InChI is InChI=1S/C12H22N2O3/c1-8(2)7-14(6)11(17)13-9(10(15)16)12(3,4)5/h9H,1,7H2,2-6H3,(H,13,17)(H,15,16). The normalized spacial score (nSPS) is 12.8. The van der Waals surface area contributed by atoms with E-state index in [0.29, 0.717) is 6.54 Å². The first kappa shape index (κ1) is 15.5. The SMILES string of the molecule is C=C(C)CN(C)C(=O)NC(C(=O)O)C(C)(C)C. The number of carboxylic acids is 1. The summed E-state index contributed by atoms with van der Waals surface area (Å²) in [5, 5.41) is 11.6. The Labute approximate surface area is 102 Å². The summed E-state index contributed by atoms with van der Waals surface area (Å²) in [7, 11) is 1.60. The van der Waals surface area contributed by atoms with Gasteiger partial charge < -0.3 is 15.3 Å². The Bertz CT molecular complexity index is 318. The number of aliphatic carboxylic acids is 1. The molecule has 0 aromatic heterocycles. The highest BCUT2D eigenvalue weighted by Gasteiger charge is 2.33. The summed E-state index contributed by atoms with van der Waals surface area (Å²) in [4.78, 5) is 24.2. The minimum Gasteiger partial charge on any atom is -0.480 e. The van der Waals surface area contributed by atoms with Crippen molar-refractivity contribution in [2.45, 2.75) is 33.7 Å². The molecule has 0 saturated carbocycles. The lowest BCUT2D eigenvalue weighted by Crippen LogP contribution is -2.52. The molecule has 5 nitrogen and oxygen atoms in total. The first-order valence-electron chi connectivity index (χ1n) is 5.44. The molecule has 17 heavy (non-hydrogen) atoms. The lowest BCUT2D eigenvalue weighted by Gasteiger charge is -2.29. The molecule has 0 spiro atoms. The molecule has 5 heteroatoms. The number of rotatable bonds is 4. The molecule has 0 aromatic carbocycles. The van der Waals surface area contributed by atoms with E-state index in [2.05, 4.69) is 11.9 Å². The molecular formula is C12H22N2O3. The monoisotopic (exact) mass is 242 g/mol. The second kappa shape index (κ2) is 5.70. The topological polar surface area (TPSA) is 69.6 Å². The Morgan fingerprint density at radius 2 is 1.88 bits per heavy atom. The lowest BCUT2D eigenvalue weighted by atomic mass is 9.87. The number of carboxylic acid groups (broad SMARTS) is 1. The van der Waals surface area contributed by atoms with Crippen LogP contribution in [-0.2, 0) is 4.79 Å². The molecule has 0 fully saturated rings. The van der Waals surface area contributed by atoms with Crippen LogP contribution in [0.4, 0.5) is 4.79 Å². The smallest absolute Gasteiger partial charge is 0.326 e. The van der Waals surface area contributed by atoms with Crippen molar-refractivity contribution in [1.29, 1.82) is 0 Å². The highest BCUT2D eigenvalue weighted by molar-refractivity contribution is 5.83. The van der Waals surface area contributed by atoms with Crippen LogP contribution in [0.5, 0.6) is 0 Å². The average molecular weight is 242 g/mol. The molecule has 0 bridgehead atoms. The molecular weight excluding hydrogens is 220 g/mol. The second-order valence-electron chi connectivity index (χ2n) is 5.40. The van der Waals surface area contributed by atoms with Gasteiger partial charge in [0.2, 0.25) is 0 Å². The predicted molar refractivity (Wildman–Crippen MR) is 66.9 cm³/mol. The van der Waals surface area contributed by atoms with Gasteiger partial charge in [0, 0.05) is 13.6 Å². The first-order valence-corrected chi connectivity index (χ1v) is 5.44. The van der Waals surface area contributed by atoms with Crippen LogP contribution in [0.3, 0.4) is 0 Å². The van der Waals surface area contributed by atoms with E-state index >= 15 is 0 Å². The van der Waals surface area contributed by atoms with Crippen LogP contribution >= 0.6 is 0 Å². The summed E-state index contributed by atoms with van der Waals surface area (Å²) in [5.74, 6) is -1.03. The quantitative estimate of drug-likeness (QED) is 0.737. The molecule has 1 atom stereocenters. The Kier molecular flexibility index (Phi) is 5.19. The number of likely N-dealkylation sites (N-methyl/N-ethyl adjacent to an activating group) is 1. The van der Waals surface area contributed by atoms with Gasteiger partial charge in [-0.2, -0.15) is 0 Å². The zero-order valence-corrected chi connectivity index (χ0v) is 11.2. The molecule has 2 amide bonds. The van der Waals surface area contributed by atoms with Crippen LogP contribution < -0.4 is 5.32 Å². The summed E-state index contributed by atoms with van der Waals surface area (Å²) < 4.78 is 0. The van der Waals surface area contributed by atoms with Crippen LogP contribution in [0.15, 0.2) is 12.2 Å². The van der Waals surface area contributed by atoms with E-state index in [-0.39, 0.29) is 0 Å². The number of nitrogens with one attached hydrogen (secondary N) is 1. The molecule has 98 valence electrons. The fraction of sp³-hybridized carbons (Fsp3) is 0.667. The Balaban J connectivity index is 4.63. The zero-order valence-electron chi connectivity index (χ0n) is 11.2. The Morgan fingerprint density at radius 1 is 1.41 bits per heavy atom. The van der Waals surface area contributed by atoms with Crippen LogP contribution in [0.25, 0.3) is 0 Å². The third kappa shape index (κ3) is 5.38. The summed E-state index contributed by atoms with van der Waals surface area (Å²) in [5.41, 5.74) is 0.302. The molecule has 0 aromatic rings. The largest absolute Gasteiger partial charge is 0.480 e. The van der Waals surface area contributed by atoms with Crippen LogP contribution in [0.1, 0.15) is 27.7 Å². The van der Waals surface area contributed by atoms with E-state index in [0.717, 1.165) is 5.57 Å². The molecule has 0 aliphatic carbocycles. The Morgan fingerprint density at radius 3 is 2.18 bits per heavy atom. The predicted octanol–water partition coefficient (Wildman–Crippen LogP) is 1.70. The van der Waals surface area contributed by atoms with Gasteiger partial charge in [0.25, 0.3) is 0 Å². The number of nitrogens with zero attached hydrogens (tertiary/aromatic N) is 1. The number of hydrogen-bond acceptors (Lipinski definition) is 2. The van der Waals surface area contributed by atoms with Crippen molar-refractivity contribution >= 4 is 12.0 Å². The molecule has 0 heterocycles. The van der Waals surface area contributed by atoms with Gasteiger partial charge in [0.05, 0.1) is 0 Å². The van der Waals surface area contributed by atoms with Gasteiger partial charge >= 0.3 is 12.0 Å². The summed E-state index contributed by atoms with van der Waals surface area (Å²) in [6.07, 6.45) is 0. The van der Waals surface area contributed by atoms with Crippen molar-refractivity contribution in [1.82, 2.24) is 10.2 Å². The molecule has 0 rings (SSSR count). The van der Waals surface area contributed by atoms with Gasteiger partial charge in [-0.3, -0.25) is 0 Å². The molecule has 1 unspecified atom stereocenters. The van der Waals surface area contributed by atoms with E-state index in [1.165, 1.54) is 4.90 Å². The minimum atomic E-state index is -1.03. The van der Waals surface area contributed by atoms with E-state index in [9.17, 15) is 9.59 Å². The van der Waals surface area contributed by atoms with Gasteiger partial charge in [0.1, 0.15) is 6.04 Å². The molecule has 0 aliphatic heterocycles. The molecule has 0 radical (unpaired) electrons. The van der Waals surface area contributed by atoms with Crippen LogP contribution in [0, 0.1) is 5.41 Å². The number of hydrogen-bond donors (Lipinski definition) is 2. The van der Waals surface area contributed by atoms with Crippen molar-refractivity contribution < 1.29 is 14.7 Å². The van der Waals surface area contributed by atoms with Crippen molar-refractivity contribution in [3.05, 3.63) is 12.2 Å². The zero-order chi connectivity index (χ0) is 13.8. The highest BCUT2D eigenvalue weighted by atomic mass is 16.4. The van der Waals surface area contributed by atoms with Crippen LogP contribution in [0.2, 0.25) is 0 Å². The van der Waals surface area contributed by atoms with E-state index < -0.39 is 23.5 Å². The van der Waals surface area contributed by atoms with Gasteiger partial charge in [-0.1, -0.05) is 32.9 Å². The van der Waals surface area contributed by atoms with Crippen molar-refractivity contribution in [2.75, 3.05) is 13.6 Å². The summed E-state index contributed by atoms with van der Waals surface area (Å²) in [6, 6.07) is -1.32. The molecule has 2 N–H and O–H groups in total. The minimum absolute atomic E-state index is 0.405. The maximum atomic E-state index is 11.8. The van der Waals surface area contributed by atoms with Crippen molar-refractivity contribution in [3.63, 3.8) is 0 Å². The first-order chi connectivity index (χ1) is 7.55. The Hall–Kier alpha value is -1.52. The highest BCUT2D eigenvalue weighted by Crippen LogP contribution is 2.19. The maximum absolute atomic E-state index is 11.8. The summed E-state index contributed by atoms with van der Waals surface area (Å²) in [6.45, 7) is 11.2. The third-order valence-corrected chi connectivity index (χ3v) is 2.23. The van der Waals surface area contributed by atoms with Gasteiger partial charge in [0.15, 0.2) is 0 Å². The summed E-state index contributed by atoms with van der Waals surface area (Å²) >= 11 is 0. The van der Waals surface area contributed by atoms with Gasteiger partial charge in [-0.15, -0.1) is 0 Å². The van der Waals surface area contributed by atoms with Crippen LogP contribution in [-0.4, -0.2) is 41.6 Å². The average Bonchev–Trinajstić information content (AvgIpc) is 2.09. The fourth-order valence-corrected chi connectivity index (χ4v) is 1.36. The lowest BCUT2D eigenvalue weighted by molar-refractivity contribution is -0.142. The molecule has 0 saturated heterocycles. The number of carbonyl (C=O) groups is 2. The third-order valence-electron chi connectivity index (χ3n) is 2.23. The van der Waals surface area contributed by atoms with Gasteiger partial charge in [-0.25, -0.2) is 9.59 Å². The van der Waals surface area contributed by atoms with Gasteiger partial charge in [-0.05, 0) is 12.3 Å². The molecule has 0 aliphatic rings. The number of amides is 2. The maximum Gasteiger partial charge on any atom is 0.326 e.